The van der Waals surface area contributed by atoms with Gasteiger partial charge in [-0.05, 0) is 56.2 Å². The number of likely N-dealkylation sites (tertiary alicyclic amines) is 1. The molecule has 2 amide bonds. The van der Waals surface area contributed by atoms with Crippen LogP contribution in [0.25, 0.3) is 16.9 Å². The van der Waals surface area contributed by atoms with E-state index in [9.17, 15) is 14.0 Å². The third-order valence-corrected chi connectivity index (χ3v) is 6.23. The van der Waals surface area contributed by atoms with E-state index < -0.39 is 0 Å². The number of aryl methyl sites for hydroxylation is 1. The number of nitrogens with one attached hydrogen (secondary N) is 1. The zero-order chi connectivity index (χ0) is 24.4. The van der Waals surface area contributed by atoms with Crippen LogP contribution in [-0.2, 0) is 0 Å². The average Bonchev–Trinajstić information content (AvgIpc) is 3.55. The third-order valence-electron chi connectivity index (χ3n) is 6.23. The molecule has 8 heteroatoms. The largest absolute Gasteiger partial charge is 0.472 e. The monoisotopic (exact) mass is 472 g/mol. The molecule has 1 fully saturated rings. The number of nitrogens with zero attached hydrogens (tertiary/aromatic N) is 3. The maximum absolute atomic E-state index is 13.4. The lowest BCUT2D eigenvalue weighted by molar-refractivity contribution is 0.0697. The Hall–Kier alpha value is -4.20. The molecule has 0 aliphatic carbocycles. The van der Waals surface area contributed by atoms with E-state index in [1.165, 1.54) is 24.7 Å². The van der Waals surface area contributed by atoms with E-state index in [4.69, 9.17) is 4.42 Å². The number of carbonyl (C=O) groups excluding carboxylic acids is 2. The zero-order valence-electron chi connectivity index (χ0n) is 19.3. The van der Waals surface area contributed by atoms with E-state index >= 15 is 0 Å². The number of hydrogen-bond donors (Lipinski definition) is 1. The Morgan fingerprint density at radius 1 is 1.09 bits per heavy atom. The van der Waals surface area contributed by atoms with Crippen molar-refractivity contribution in [1.82, 2.24) is 20.0 Å². The minimum absolute atomic E-state index is 0.0598. The maximum atomic E-state index is 13.4. The van der Waals surface area contributed by atoms with Gasteiger partial charge in [0, 0.05) is 30.9 Å². The van der Waals surface area contributed by atoms with Crippen LogP contribution in [0.1, 0.15) is 39.1 Å². The van der Waals surface area contributed by atoms with Gasteiger partial charge in [0.15, 0.2) is 0 Å². The Morgan fingerprint density at radius 3 is 2.54 bits per heavy atom. The standard InChI is InChI=1S/C27H25FN4O3/c1-18-3-2-4-19(15-18)25-24(16-32(30-25)23-7-5-21(28)6-8-23)26(33)29-22-9-12-31(13-10-22)27(34)20-11-14-35-17-20/h2-8,11,14-17,22H,9-10,12-13H2,1H3,(H,29,33). The summed E-state index contributed by atoms with van der Waals surface area (Å²) >= 11 is 0. The molecule has 0 bridgehead atoms. The van der Waals surface area contributed by atoms with Crippen LogP contribution in [0.15, 0.2) is 77.7 Å². The molecule has 0 unspecified atom stereocenters. The van der Waals surface area contributed by atoms with E-state index in [1.54, 1.807) is 34.0 Å². The quantitative estimate of drug-likeness (QED) is 0.460. The van der Waals surface area contributed by atoms with Gasteiger partial charge in [-0.3, -0.25) is 9.59 Å². The fraction of sp³-hybridized carbons (Fsp3) is 0.222. The zero-order valence-corrected chi connectivity index (χ0v) is 19.3. The Morgan fingerprint density at radius 2 is 1.86 bits per heavy atom. The first-order valence-corrected chi connectivity index (χ1v) is 11.5. The lowest BCUT2D eigenvalue weighted by atomic mass is 10.0. The molecule has 7 nitrogen and oxygen atoms in total. The van der Waals surface area contributed by atoms with Crippen molar-refractivity contribution in [2.24, 2.45) is 0 Å². The summed E-state index contributed by atoms with van der Waals surface area (Å²) in [5.74, 6) is -0.629. The number of furan rings is 1. The molecular formula is C27H25FN4O3. The van der Waals surface area contributed by atoms with Gasteiger partial charge in [0.25, 0.3) is 11.8 Å². The molecule has 3 heterocycles. The van der Waals surface area contributed by atoms with Crippen molar-refractivity contribution in [3.05, 3.63) is 95.8 Å². The predicted octanol–water partition coefficient (Wildman–Crippen LogP) is 4.61. The molecule has 0 saturated carbocycles. The fourth-order valence-electron chi connectivity index (χ4n) is 4.33. The normalized spacial score (nSPS) is 14.2. The van der Waals surface area contributed by atoms with E-state index in [-0.39, 0.29) is 23.7 Å². The van der Waals surface area contributed by atoms with Gasteiger partial charge in [0.05, 0.1) is 23.1 Å². The summed E-state index contributed by atoms with van der Waals surface area (Å²) in [6, 6.07) is 15.4. The maximum Gasteiger partial charge on any atom is 0.257 e. The molecule has 1 N–H and O–H groups in total. The summed E-state index contributed by atoms with van der Waals surface area (Å²) in [6.45, 7) is 3.09. The molecule has 1 saturated heterocycles. The van der Waals surface area contributed by atoms with Crippen molar-refractivity contribution in [1.29, 1.82) is 0 Å². The van der Waals surface area contributed by atoms with Crippen LogP contribution in [0.5, 0.6) is 0 Å². The molecule has 5 rings (SSSR count). The summed E-state index contributed by atoms with van der Waals surface area (Å²) in [7, 11) is 0. The van der Waals surface area contributed by atoms with Crippen molar-refractivity contribution in [3.63, 3.8) is 0 Å². The predicted molar refractivity (Wildman–Crippen MR) is 129 cm³/mol. The summed E-state index contributed by atoms with van der Waals surface area (Å²) in [4.78, 5) is 27.7. The van der Waals surface area contributed by atoms with Gasteiger partial charge >= 0.3 is 0 Å². The minimum atomic E-state index is -0.338. The first-order valence-electron chi connectivity index (χ1n) is 11.5. The molecule has 0 spiro atoms. The van der Waals surface area contributed by atoms with E-state index in [0.717, 1.165) is 11.1 Å². The number of hydrogen-bond acceptors (Lipinski definition) is 4. The van der Waals surface area contributed by atoms with Crippen molar-refractivity contribution in [3.8, 4) is 16.9 Å². The van der Waals surface area contributed by atoms with E-state index in [1.807, 2.05) is 31.2 Å². The summed E-state index contributed by atoms with van der Waals surface area (Å²) < 4.78 is 20.0. The van der Waals surface area contributed by atoms with Crippen molar-refractivity contribution >= 4 is 11.8 Å². The number of rotatable bonds is 5. The van der Waals surface area contributed by atoms with Crippen LogP contribution in [-0.4, -0.2) is 45.6 Å². The number of carbonyl (C=O) groups is 2. The van der Waals surface area contributed by atoms with Crippen LogP contribution < -0.4 is 5.32 Å². The second-order valence-corrected chi connectivity index (χ2v) is 8.73. The number of amides is 2. The molecule has 1 aliphatic heterocycles. The van der Waals surface area contributed by atoms with Crippen molar-refractivity contribution in [2.75, 3.05) is 13.1 Å². The Bertz CT molecular complexity index is 1340. The lowest BCUT2D eigenvalue weighted by Crippen LogP contribution is -2.46. The van der Waals surface area contributed by atoms with Gasteiger partial charge < -0.3 is 14.6 Å². The molecule has 35 heavy (non-hydrogen) atoms. The Balaban J connectivity index is 1.35. The minimum Gasteiger partial charge on any atom is -0.472 e. The van der Waals surface area contributed by atoms with Gasteiger partial charge in [0.1, 0.15) is 17.8 Å². The molecule has 2 aromatic carbocycles. The lowest BCUT2D eigenvalue weighted by Gasteiger charge is -2.32. The van der Waals surface area contributed by atoms with Crippen LogP contribution in [0.3, 0.4) is 0 Å². The fourth-order valence-corrected chi connectivity index (χ4v) is 4.33. The topological polar surface area (TPSA) is 80.4 Å². The van der Waals surface area contributed by atoms with Crippen LogP contribution >= 0.6 is 0 Å². The van der Waals surface area contributed by atoms with Gasteiger partial charge in [-0.25, -0.2) is 9.07 Å². The Labute approximate surface area is 202 Å². The van der Waals surface area contributed by atoms with Crippen molar-refractivity contribution in [2.45, 2.75) is 25.8 Å². The first-order chi connectivity index (χ1) is 17.0. The SMILES string of the molecule is Cc1cccc(-c2nn(-c3ccc(F)cc3)cc2C(=O)NC2CCN(C(=O)c3ccoc3)CC2)c1. The molecule has 4 aromatic rings. The number of halogens is 1. The van der Waals surface area contributed by atoms with Crippen LogP contribution in [0, 0.1) is 12.7 Å². The number of benzene rings is 2. The molecule has 0 atom stereocenters. The highest BCUT2D eigenvalue weighted by Gasteiger charge is 2.27. The highest BCUT2D eigenvalue weighted by Crippen LogP contribution is 2.25. The first kappa shape index (κ1) is 22.6. The average molecular weight is 473 g/mol. The third kappa shape index (κ3) is 4.87. The van der Waals surface area contributed by atoms with Gasteiger partial charge in [-0.1, -0.05) is 23.8 Å². The second-order valence-electron chi connectivity index (χ2n) is 8.73. The number of aromatic nitrogens is 2. The molecule has 178 valence electrons. The summed E-state index contributed by atoms with van der Waals surface area (Å²) in [6.07, 6.45) is 5.92. The van der Waals surface area contributed by atoms with Gasteiger partial charge in [-0.15, -0.1) is 0 Å². The molecule has 2 aromatic heterocycles. The molecule has 0 radical (unpaired) electrons. The smallest absolute Gasteiger partial charge is 0.257 e. The van der Waals surface area contributed by atoms with E-state index in [2.05, 4.69) is 10.4 Å². The highest BCUT2D eigenvalue weighted by molar-refractivity contribution is 6.00. The Kier molecular flexibility index (Phi) is 6.18. The van der Waals surface area contributed by atoms with Gasteiger partial charge in [-0.2, -0.15) is 5.10 Å². The van der Waals surface area contributed by atoms with E-state index in [0.29, 0.717) is 48.4 Å². The van der Waals surface area contributed by atoms with Gasteiger partial charge in [0.2, 0.25) is 0 Å². The molecular weight excluding hydrogens is 447 g/mol. The summed E-state index contributed by atoms with van der Waals surface area (Å²) in [5, 5.41) is 7.79. The summed E-state index contributed by atoms with van der Waals surface area (Å²) in [5.41, 5.74) is 4.07. The second kappa shape index (κ2) is 9.58. The number of piperidine rings is 1. The van der Waals surface area contributed by atoms with Crippen LogP contribution in [0.4, 0.5) is 4.39 Å². The van der Waals surface area contributed by atoms with Crippen LogP contribution in [0.2, 0.25) is 0 Å². The van der Waals surface area contributed by atoms with Crippen molar-refractivity contribution < 1.29 is 18.4 Å². The highest BCUT2D eigenvalue weighted by atomic mass is 19.1. The molecule has 1 aliphatic rings.